The lowest BCUT2D eigenvalue weighted by Crippen LogP contribution is -2.22. The lowest BCUT2D eigenvalue weighted by atomic mass is 10.1. The van der Waals surface area contributed by atoms with Gasteiger partial charge in [-0.25, -0.2) is 0 Å². The lowest BCUT2D eigenvalue weighted by Gasteiger charge is -2.12. The molecule has 3 nitrogen and oxygen atoms in total. The first-order valence-electron chi connectivity index (χ1n) is 4.59. The van der Waals surface area contributed by atoms with Crippen LogP contribution in [0.4, 0.5) is 0 Å². The van der Waals surface area contributed by atoms with E-state index >= 15 is 0 Å². The van der Waals surface area contributed by atoms with Gasteiger partial charge < -0.3 is 10.3 Å². The number of hydrogen-bond donors (Lipinski definition) is 2. The molecule has 0 saturated carbocycles. The van der Waals surface area contributed by atoms with E-state index in [9.17, 15) is 0 Å². The fourth-order valence-electron chi connectivity index (χ4n) is 2.01. The van der Waals surface area contributed by atoms with Gasteiger partial charge in [0.2, 0.25) is 0 Å². The minimum absolute atomic E-state index is 0.962. The second-order valence-electron chi connectivity index (χ2n) is 3.43. The molecule has 0 aliphatic carbocycles. The van der Waals surface area contributed by atoms with Crippen LogP contribution < -0.4 is 5.32 Å². The third-order valence-electron chi connectivity index (χ3n) is 2.65. The van der Waals surface area contributed by atoms with Crippen molar-refractivity contribution in [3.8, 4) is 0 Å². The van der Waals surface area contributed by atoms with E-state index in [2.05, 4.69) is 15.3 Å². The Labute approximate surface area is 76.2 Å². The van der Waals surface area contributed by atoms with Crippen molar-refractivity contribution in [3.63, 3.8) is 0 Å². The van der Waals surface area contributed by atoms with Crippen LogP contribution in [0.1, 0.15) is 11.3 Å². The average Bonchev–Trinajstić information content (AvgIpc) is 2.56. The van der Waals surface area contributed by atoms with Crippen LogP contribution >= 0.6 is 0 Å². The van der Waals surface area contributed by atoms with E-state index in [4.69, 9.17) is 0 Å². The molecule has 2 N–H and O–H groups in total. The van der Waals surface area contributed by atoms with E-state index < -0.39 is 0 Å². The molecule has 0 bridgehead atoms. The maximum Gasteiger partial charge on any atom is 0.0490 e. The monoisotopic (exact) mass is 173 g/mol. The highest BCUT2D eigenvalue weighted by Crippen LogP contribution is 2.23. The van der Waals surface area contributed by atoms with Gasteiger partial charge >= 0.3 is 0 Å². The van der Waals surface area contributed by atoms with Crippen LogP contribution in [-0.4, -0.2) is 16.5 Å². The van der Waals surface area contributed by atoms with Crippen molar-refractivity contribution < 1.29 is 0 Å². The first-order chi connectivity index (χ1) is 6.45. The molecule has 3 rings (SSSR count). The molecular formula is C10H11N3. The number of aromatic nitrogens is 2. The summed E-state index contributed by atoms with van der Waals surface area (Å²) in [6, 6.07) is 2.04. The van der Waals surface area contributed by atoms with Crippen LogP contribution in [0.25, 0.3) is 10.9 Å². The second-order valence-corrected chi connectivity index (χ2v) is 3.43. The lowest BCUT2D eigenvalue weighted by molar-refractivity contribution is 0.637. The van der Waals surface area contributed by atoms with E-state index in [-0.39, 0.29) is 0 Å². The molecule has 2 aromatic rings. The first kappa shape index (κ1) is 7.09. The highest BCUT2D eigenvalue weighted by molar-refractivity contribution is 5.83. The highest BCUT2D eigenvalue weighted by atomic mass is 14.9. The molecular weight excluding hydrogens is 162 g/mol. The fraction of sp³-hybridized carbons (Fsp3) is 0.300. The van der Waals surface area contributed by atoms with Gasteiger partial charge in [-0.15, -0.1) is 0 Å². The molecule has 3 heterocycles. The van der Waals surface area contributed by atoms with Crippen molar-refractivity contribution in [3.05, 3.63) is 29.7 Å². The SMILES string of the molecule is c1cc2[nH]c3c(c2cn1)CCNC3. The molecule has 1 aliphatic heterocycles. The van der Waals surface area contributed by atoms with Gasteiger partial charge in [0.15, 0.2) is 0 Å². The summed E-state index contributed by atoms with van der Waals surface area (Å²) < 4.78 is 0. The summed E-state index contributed by atoms with van der Waals surface area (Å²) in [4.78, 5) is 7.57. The second kappa shape index (κ2) is 2.57. The standard InChI is InChI=1S/C10H11N3/c1-3-12-6-10-7(1)8-5-11-4-2-9(8)13-10/h2,4-5,12-13H,1,3,6H2. The van der Waals surface area contributed by atoms with Crippen molar-refractivity contribution in [2.45, 2.75) is 13.0 Å². The van der Waals surface area contributed by atoms with Gasteiger partial charge in [0.1, 0.15) is 0 Å². The summed E-state index contributed by atoms with van der Waals surface area (Å²) in [6.45, 7) is 2.04. The summed E-state index contributed by atoms with van der Waals surface area (Å²) in [5, 5.41) is 4.64. The smallest absolute Gasteiger partial charge is 0.0490 e. The molecule has 3 heteroatoms. The summed E-state index contributed by atoms with van der Waals surface area (Å²) >= 11 is 0. The molecule has 0 fully saturated rings. The zero-order chi connectivity index (χ0) is 8.67. The third kappa shape index (κ3) is 0.971. The Morgan fingerprint density at radius 3 is 3.38 bits per heavy atom. The van der Waals surface area contributed by atoms with Gasteiger partial charge in [0.25, 0.3) is 0 Å². The number of nitrogens with zero attached hydrogens (tertiary/aromatic N) is 1. The molecule has 0 saturated heterocycles. The Hall–Kier alpha value is -1.35. The van der Waals surface area contributed by atoms with Crippen molar-refractivity contribution in [1.82, 2.24) is 15.3 Å². The van der Waals surface area contributed by atoms with E-state index in [1.54, 1.807) is 0 Å². The molecule has 66 valence electrons. The molecule has 13 heavy (non-hydrogen) atoms. The van der Waals surface area contributed by atoms with Gasteiger partial charge in [0.05, 0.1) is 0 Å². The molecule has 2 aromatic heterocycles. The minimum Gasteiger partial charge on any atom is -0.357 e. The van der Waals surface area contributed by atoms with Crippen molar-refractivity contribution >= 4 is 10.9 Å². The maximum atomic E-state index is 4.15. The Morgan fingerprint density at radius 1 is 1.38 bits per heavy atom. The number of H-pyrrole nitrogens is 1. The predicted molar refractivity (Wildman–Crippen MR) is 51.5 cm³/mol. The quantitative estimate of drug-likeness (QED) is 0.628. The molecule has 0 atom stereocenters. The maximum absolute atomic E-state index is 4.15. The molecule has 0 radical (unpaired) electrons. The summed E-state index contributed by atoms with van der Waals surface area (Å²) in [5.74, 6) is 0. The highest BCUT2D eigenvalue weighted by Gasteiger charge is 2.13. The van der Waals surface area contributed by atoms with Crippen LogP contribution in [0.5, 0.6) is 0 Å². The third-order valence-corrected chi connectivity index (χ3v) is 2.65. The van der Waals surface area contributed by atoms with Gasteiger partial charge in [-0.05, 0) is 24.6 Å². The zero-order valence-corrected chi connectivity index (χ0v) is 7.30. The normalized spacial score (nSPS) is 16.0. The van der Waals surface area contributed by atoms with Gasteiger partial charge in [0, 0.05) is 35.5 Å². The predicted octanol–water partition coefficient (Wildman–Crippen LogP) is 1.21. The summed E-state index contributed by atoms with van der Waals surface area (Å²) in [5.41, 5.74) is 3.99. The first-order valence-corrected chi connectivity index (χ1v) is 4.59. The summed E-state index contributed by atoms with van der Waals surface area (Å²) in [7, 11) is 0. The van der Waals surface area contributed by atoms with Crippen LogP contribution in [-0.2, 0) is 13.0 Å². The van der Waals surface area contributed by atoms with Crippen LogP contribution in [0.3, 0.4) is 0 Å². The molecule has 0 aromatic carbocycles. The summed E-state index contributed by atoms with van der Waals surface area (Å²) in [6.07, 6.45) is 4.90. The van der Waals surface area contributed by atoms with E-state index in [0.29, 0.717) is 0 Å². The minimum atomic E-state index is 0.962. The van der Waals surface area contributed by atoms with Crippen molar-refractivity contribution in [2.75, 3.05) is 6.54 Å². The van der Waals surface area contributed by atoms with Crippen LogP contribution in [0, 0.1) is 0 Å². The van der Waals surface area contributed by atoms with Gasteiger partial charge in [-0.2, -0.15) is 0 Å². The molecule has 0 unspecified atom stereocenters. The topological polar surface area (TPSA) is 40.7 Å². The number of pyridine rings is 1. The Balaban J connectivity index is 2.34. The zero-order valence-electron chi connectivity index (χ0n) is 7.30. The number of rotatable bonds is 0. The fourth-order valence-corrected chi connectivity index (χ4v) is 2.01. The Bertz CT molecular complexity index is 444. The Kier molecular flexibility index (Phi) is 1.40. The number of aromatic amines is 1. The van der Waals surface area contributed by atoms with Crippen LogP contribution in [0.2, 0.25) is 0 Å². The number of fused-ring (bicyclic) bond motifs is 3. The number of hydrogen-bond acceptors (Lipinski definition) is 2. The van der Waals surface area contributed by atoms with Crippen LogP contribution in [0.15, 0.2) is 18.5 Å². The van der Waals surface area contributed by atoms with E-state index in [1.807, 2.05) is 18.5 Å². The van der Waals surface area contributed by atoms with E-state index in [1.165, 1.54) is 22.2 Å². The van der Waals surface area contributed by atoms with E-state index in [0.717, 1.165) is 19.5 Å². The molecule has 0 amide bonds. The van der Waals surface area contributed by atoms with Gasteiger partial charge in [-0.3, -0.25) is 4.98 Å². The largest absolute Gasteiger partial charge is 0.357 e. The van der Waals surface area contributed by atoms with Crippen molar-refractivity contribution in [1.29, 1.82) is 0 Å². The van der Waals surface area contributed by atoms with Crippen molar-refractivity contribution in [2.24, 2.45) is 0 Å². The molecule has 0 spiro atoms. The average molecular weight is 173 g/mol. The number of nitrogens with one attached hydrogen (secondary N) is 2. The molecule has 1 aliphatic rings. The Morgan fingerprint density at radius 2 is 2.38 bits per heavy atom. The van der Waals surface area contributed by atoms with Gasteiger partial charge in [-0.1, -0.05) is 0 Å².